The second-order valence-corrected chi connectivity index (χ2v) is 6.66. The number of rotatable bonds is 6. The van der Waals surface area contributed by atoms with Gasteiger partial charge in [-0.25, -0.2) is 0 Å². The van der Waals surface area contributed by atoms with Crippen LogP contribution in [0, 0.1) is 10.1 Å². The molecule has 0 aromatic heterocycles. The Morgan fingerprint density at radius 3 is 2.52 bits per heavy atom. The summed E-state index contributed by atoms with van der Waals surface area (Å²) in [4.78, 5) is 23.6. The molecule has 0 saturated carbocycles. The maximum absolute atomic E-state index is 12.9. The van der Waals surface area contributed by atoms with Crippen LogP contribution >= 0.6 is 0 Å². The minimum atomic E-state index is -0.478. The van der Waals surface area contributed by atoms with Crippen LogP contribution < -0.4 is 5.32 Å². The Balaban J connectivity index is 1.60. The number of hydrogen-bond acceptors (Lipinski definition) is 4. The third kappa shape index (κ3) is 3.31. The first-order valence-electron chi connectivity index (χ1n) is 8.83. The molecule has 0 heterocycles. The highest BCUT2D eigenvalue weighted by Crippen LogP contribution is 2.35. The van der Waals surface area contributed by atoms with Crippen molar-refractivity contribution in [2.75, 3.05) is 11.9 Å². The fourth-order valence-corrected chi connectivity index (χ4v) is 3.51. The predicted molar refractivity (Wildman–Crippen MR) is 104 cm³/mol. The molecule has 27 heavy (non-hydrogen) atoms. The van der Waals surface area contributed by atoms with Gasteiger partial charge >= 0.3 is 0 Å². The van der Waals surface area contributed by atoms with Crippen molar-refractivity contribution >= 4 is 17.2 Å². The number of carbonyl (C=O) groups is 1. The number of nitro benzene ring substituents is 1. The minimum Gasteiger partial charge on any atom is -0.384 e. The number of nitro groups is 1. The van der Waals surface area contributed by atoms with Crippen LogP contribution in [0.2, 0.25) is 0 Å². The Morgan fingerprint density at radius 1 is 1.04 bits per heavy atom. The van der Waals surface area contributed by atoms with Gasteiger partial charge in [0.1, 0.15) is 0 Å². The van der Waals surface area contributed by atoms with Crippen molar-refractivity contribution in [1.29, 1.82) is 0 Å². The smallest absolute Gasteiger partial charge is 0.270 e. The van der Waals surface area contributed by atoms with Crippen molar-refractivity contribution in [3.05, 3.63) is 105 Å². The highest BCUT2D eigenvalue weighted by atomic mass is 16.6. The Hall–Kier alpha value is -3.47. The van der Waals surface area contributed by atoms with Crippen LogP contribution in [-0.2, 0) is 6.42 Å². The summed E-state index contributed by atoms with van der Waals surface area (Å²) in [5.74, 6) is 0.159. The van der Waals surface area contributed by atoms with Crippen molar-refractivity contribution in [1.82, 2.24) is 0 Å². The third-order valence-corrected chi connectivity index (χ3v) is 4.99. The van der Waals surface area contributed by atoms with Crippen molar-refractivity contribution in [3.8, 4) is 0 Å². The fourth-order valence-electron chi connectivity index (χ4n) is 3.51. The lowest BCUT2D eigenvalue weighted by Crippen LogP contribution is -2.24. The van der Waals surface area contributed by atoms with Gasteiger partial charge in [-0.3, -0.25) is 14.9 Å². The van der Waals surface area contributed by atoms with Crippen molar-refractivity contribution in [3.63, 3.8) is 0 Å². The summed E-state index contributed by atoms with van der Waals surface area (Å²) >= 11 is 0. The lowest BCUT2D eigenvalue weighted by atomic mass is 9.77. The van der Waals surface area contributed by atoms with Gasteiger partial charge in [0, 0.05) is 35.8 Å². The number of carbonyl (C=O) groups excluding carboxylic acids is 1. The summed E-state index contributed by atoms with van der Waals surface area (Å²) in [7, 11) is 0. The molecular weight excluding hydrogens is 340 g/mol. The van der Waals surface area contributed by atoms with Crippen molar-refractivity contribution < 1.29 is 9.72 Å². The average Bonchev–Trinajstić information content (AvgIpc) is 2.68. The quantitative estimate of drug-likeness (QED) is 0.398. The monoisotopic (exact) mass is 358 g/mol. The highest BCUT2D eigenvalue weighted by Gasteiger charge is 2.26. The van der Waals surface area contributed by atoms with E-state index in [-0.39, 0.29) is 11.5 Å². The lowest BCUT2D eigenvalue weighted by Gasteiger charge is -2.30. The number of nitrogens with one attached hydrogen (secondary N) is 1. The molecule has 0 bridgehead atoms. The number of anilines is 1. The van der Waals surface area contributed by atoms with Crippen LogP contribution in [0.5, 0.6) is 0 Å². The molecule has 0 fully saturated rings. The normalized spacial score (nSPS) is 14.7. The number of hydrogen-bond donors (Lipinski definition) is 1. The number of benzene rings is 3. The summed E-state index contributed by atoms with van der Waals surface area (Å²) in [6.07, 6.45) is 0.998. The minimum absolute atomic E-state index is 0.0891. The second kappa shape index (κ2) is 7.03. The molecule has 0 radical (unpaired) electrons. The molecule has 0 saturated heterocycles. The average molecular weight is 358 g/mol. The molecule has 0 amide bonds. The van der Waals surface area contributed by atoms with E-state index < -0.39 is 4.92 Å². The molecule has 5 heteroatoms. The number of non-ortho nitro benzene ring substituents is 1. The maximum Gasteiger partial charge on any atom is 0.270 e. The van der Waals surface area contributed by atoms with Gasteiger partial charge in [-0.05, 0) is 23.6 Å². The van der Waals surface area contributed by atoms with Crippen LogP contribution in [0.4, 0.5) is 11.4 Å². The van der Waals surface area contributed by atoms with Gasteiger partial charge in [0.25, 0.3) is 5.69 Å². The van der Waals surface area contributed by atoms with E-state index in [1.807, 2.05) is 18.2 Å². The highest BCUT2D eigenvalue weighted by molar-refractivity contribution is 6.12. The lowest BCUT2D eigenvalue weighted by molar-refractivity contribution is -0.384. The predicted octanol–water partition coefficient (Wildman–Crippen LogP) is 4.58. The van der Waals surface area contributed by atoms with E-state index in [0.717, 1.165) is 6.42 Å². The molecule has 1 N–H and O–H groups in total. The van der Waals surface area contributed by atoms with Gasteiger partial charge in [0.15, 0.2) is 5.78 Å². The molecule has 5 nitrogen and oxygen atoms in total. The maximum atomic E-state index is 12.9. The molecule has 0 aliphatic heterocycles. The van der Waals surface area contributed by atoms with E-state index in [9.17, 15) is 14.9 Å². The van der Waals surface area contributed by atoms with Crippen molar-refractivity contribution in [2.24, 2.45) is 0 Å². The first-order chi connectivity index (χ1) is 13.1. The van der Waals surface area contributed by atoms with Gasteiger partial charge in [0.05, 0.1) is 10.5 Å². The summed E-state index contributed by atoms with van der Waals surface area (Å²) < 4.78 is 0. The number of nitrogens with zero attached hydrogens (tertiary/aromatic N) is 1. The van der Waals surface area contributed by atoms with E-state index in [1.165, 1.54) is 23.3 Å². The summed E-state index contributed by atoms with van der Waals surface area (Å²) in [6.45, 7) is 0.684. The zero-order chi connectivity index (χ0) is 18.8. The van der Waals surface area contributed by atoms with Crippen LogP contribution in [-0.4, -0.2) is 17.3 Å². The van der Waals surface area contributed by atoms with E-state index in [2.05, 4.69) is 17.4 Å². The van der Waals surface area contributed by atoms with Gasteiger partial charge in [0.2, 0.25) is 0 Å². The largest absolute Gasteiger partial charge is 0.384 e. The standard InChI is InChI=1S/C22H18N2O3/c25-22(15-6-2-1-3-7-15)20-13-18(24(26)27)10-11-21(20)23-14-17-12-16-8-4-5-9-19(16)17/h1-11,13,17,23H,12,14H2/t17-/m1/s1. The summed E-state index contributed by atoms with van der Waals surface area (Å²) in [5.41, 5.74) is 4.04. The molecule has 3 aromatic rings. The Bertz CT molecular complexity index is 1020. The number of ketones is 1. The Kier molecular flexibility index (Phi) is 4.42. The van der Waals surface area contributed by atoms with E-state index in [0.29, 0.717) is 29.3 Å². The SMILES string of the molecule is O=C(c1ccccc1)c1cc([N+](=O)[O-])ccc1NC[C@H]1Cc2ccccc21. The van der Waals surface area contributed by atoms with Gasteiger partial charge < -0.3 is 5.32 Å². The summed E-state index contributed by atoms with van der Waals surface area (Å²) in [5, 5.41) is 14.5. The first-order valence-corrected chi connectivity index (χ1v) is 8.83. The molecule has 1 aliphatic carbocycles. The number of fused-ring (bicyclic) bond motifs is 1. The van der Waals surface area contributed by atoms with Crippen molar-refractivity contribution in [2.45, 2.75) is 12.3 Å². The molecule has 0 unspecified atom stereocenters. The Morgan fingerprint density at radius 2 is 1.78 bits per heavy atom. The van der Waals surface area contributed by atoms with Gasteiger partial charge in [-0.2, -0.15) is 0 Å². The van der Waals surface area contributed by atoms with Crippen LogP contribution in [0.15, 0.2) is 72.8 Å². The van der Waals surface area contributed by atoms with Crippen LogP contribution in [0.25, 0.3) is 0 Å². The summed E-state index contributed by atoms with van der Waals surface area (Å²) in [6, 6.07) is 21.5. The zero-order valence-electron chi connectivity index (χ0n) is 14.6. The third-order valence-electron chi connectivity index (χ3n) is 4.99. The van der Waals surface area contributed by atoms with Gasteiger partial charge in [-0.15, -0.1) is 0 Å². The molecule has 1 aliphatic rings. The topological polar surface area (TPSA) is 72.2 Å². The van der Waals surface area contributed by atoms with E-state index in [4.69, 9.17) is 0 Å². The van der Waals surface area contributed by atoms with E-state index >= 15 is 0 Å². The second-order valence-electron chi connectivity index (χ2n) is 6.66. The molecule has 1 atom stereocenters. The molecule has 0 spiro atoms. The fraction of sp³-hybridized carbons (Fsp3) is 0.136. The van der Waals surface area contributed by atoms with Crippen LogP contribution in [0.3, 0.4) is 0 Å². The zero-order valence-corrected chi connectivity index (χ0v) is 14.6. The van der Waals surface area contributed by atoms with E-state index in [1.54, 1.807) is 30.3 Å². The molecule has 134 valence electrons. The molecule has 3 aromatic carbocycles. The van der Waals surface area contributed by atoms with Gasteiger partial charge in [-0.1, -0.05) is 54.6 Å². The Labute approximate surface area is 156 Å². The first kappa shape index (κ1) is 17.0. The molecular formula is C22H18N2O3. The van der Waals surface area contributed by atoms with Crippen LogP contribution in [0.1, 0.15) is 33.0 Å². The molecule has 4 rings (SSSR count).